The van der Waals surface area contributed by atoms with E-state index in [9.17, 15) is 26.4 Å². The van der Waals surface area contributed by atoms with Gasteiger partial charge in [-0.15, -0.1) is 11.3 Å². The Hall–Kier alpha value is -1.91. The molecule has 0 aliphatic rings. The molecule has 2 N–H and O–H groups in total. The van der Waals surface area contributed by atoms with E-state index in [0.717, 1.165) is 11.3 Å². The maximum absolute atomic E-state index is 13.3. The number of sulfonamides is 1. The third kappa shape index (κ3) is 5.03. The molecule has 0 aliphatic carbocycles. The van der Waals surface area contributed by atoms with Crippen LogP contribution in [0.2, 0.25) is 0 Å². The molecule has 0 bridgehead atoms. The molecule has 1 aromatic heterocycles. The molecular formula is C15H14F3NO4S2. The molecule has 0 amide bonds. The number of carboxylic acid groups (broad SMARTS) is 1. The molecule has 5 nitrogen and oxygen atoms in total. The summed E-state index contributed by atoms with van der Waals surface area (Å²) in [5.41, 5.74) is 0.256. The summed E-state index contributed by atoms with van der Waals surface area (Å²) in [7, 11) is -4.43. The highest BCUT2D eigenvalue weighted by Gasteiger charge is 2.43. The minimum absolute atomic E-state index is 0.0600. The third-order valence-electron chi connectivity index (χ3n) is 3.29. The van der Waals surface area contributed by atoms with Gasteiger partial charge in [-0.3, -0.25) is 0 Å². The molecule has 10 heteroatoms. The Labute approximate surface area is 146 Å². The van der Waals surface area contributed by atoms with Crippen LogP contribution in [0.5, 0.6) is 0 Å². The second kappa shape index (κ2) is 7.14. The molecule has 1 atom stereocenters. The summed E-state index contributed by atoms with van der Waals surface area (Å²) in [5, 5.41) is 10.4. The molecular weight excluding hydrogens is 379 g/mol. The Bertz CT molecular complexity index is 875. The molecule has 136 valence electrons. The van der Waals surface area contributed by atoms with Crippen molar-refractivity contribution in [3.63, 3.8) is 0 Å². The van der Waals surface area contributed by atoms with E-state index < -0.39 is 34.0 Å². The molecule has 1 unspecified atom stereocenters. The average Bonchev–Trinajstić information content (AvgIpc) is 2.91. The zero-order chi connectivity index (χ0) is 18.8. The van der Waals surface area contributed by atoms with Gasteiger partial charge in [0.15, 0.2) is 0 Å². The first kappa shape index (κ1) is 19.4. The number of aromatic carboxylic acids is 1. The van der Waals surface area contributed by atoms with Crippen LogP contribution in [-0.4, -0.2) is 25.7 Å². The molecule has 1 heterocycles. The van der Waals surface area contributed by atoms with E-state index in [0.29, 0.717) is 5.56 Å². The summed E-state index contributed by atoms with van der Waals surface area (Å²) in [5.74, 6) is -2.18. The van der Waals surface area contributed by atoms with Gasteiger partial charge in [0.25, 0.3) is 0 Å². The van der Waals surface area contributed by atoms with E-state index >= 15 is 0 Å². The van der Waals surface area contributed by atoms with Gasteiger partial charge < -0.3 is 5.11 Å². The van der Waals surface area contributed by atoms with Gasteiger partial charge in [0.05, 0.1) is 5.75 Å². The van der Waals surface area contributed by atoms with Crippen molar-refractivity contribution in [2.24, 2.45) is 0 Å². The second-order valence-corrected chi connectivity index (χ2v) is 8.02. The number of hydrogen-bond acceptors (Lipinski definition) is 4. The standard InChI is InChI=1S/C15H14F3NO4S2/c1-9-3-2-4-10(7-9)13(15(16,17)18)19-25(22,23)8-11-5-6-24-12(11)14(20)21/h2-7,13,19H,8H2,1H3,(H,20,21). The van der Waals surface area contributed by atoms with Crippen molar-refractivity contribution in [1.29, 1.82) is 0 Å². The molecule has 25 heavy (non-hydrogen) atoms. The molecule has 0 fully saturated rings. The highest BCUT2D eigenvalue weighted by Crippen LogP contribution is 2.34. The lowest BCUT2D eigenvalue weighted by molar-refractivity contribution is -0.153. The highest BCUT2D eigenvalue weighted by molar-refractivity contribution is 7.88. The highest BCUT2D eigenvalue weighted by atomic mass is 32.2. The first-order valence-corrected chi connectivity index (χ1v) is 9.46. The van der Waals surface area contributed by atoms with Crippen LogP contribution >= 0.6 is 11.3 Å². The molecule has 2 rings (SSSR count). The van der Waals surface area contributed by atoms with Crippen LogP contribution < -0.4 is 4.72 Å². The minimum atomic E-state index is -4.84. The van der Waals surface area contributed by atoms with E-state index in [1.165, 1.54) is 29.6 Å². The summed E-state index contributed by atoms with van der Waals surface area (Å²) in [4.78, 5) is 10.8. The smallest absolute Gasteiger partial charge is 0.408 e. The Kier molecular flexibility index (Phi) is 5.55. The van der Waals surface area contributed by atoms with Gasteiger partial charge in [0.2, 0.25) is 10.0 Å². The zero-order valence-electron chi connectivity index (χ0n) is 12.9. The van der Waals surface area contributed by atoms with Crippen LogP contribution in [0.3, 0.4) is 0 Å². The van der Waals surface area contributed by atoms with Crippen LogP contribution in [-0.2, 0) is 15.8 Å². The average molecular weight is 393 g/mol. The van der Waals surface area contributed by atoms with Crippen molar-refractivity contribution < 1.29 is 31.5 Å². The van der Waals surface area contributed by atoms with Gasteiger partial charge in [-0.25, -0.2) is 13.2 Å². The van der Waals surface area contributed by atoms with Crippen molar-refractivity contribution in [2.45, 2.75) is 24.9 Å². The summed E-state index contributed by atoms with van der Waals surface area (Å²) in [6, 6.07) is 4.27. The fourth-order valence-corrected chi connectivity index (χ4v) is 4.45. The summed E-state index contributed by atoms with van der Waals surface area (Å²) >= 11 is 0.807. The molecule has 0 aliphatic heterocycles. The summed E-state index contributed by atoms with van der Waals surface area (Å²) in [6.45, 7) is 1.59. The molecule has 0 radical (unpaired) electrons. The lowest BCUT2D eigenvalue weighted by Crippen LogP contribution is -2.38. The lowest BCUT2D eigenvalue weighted by Gasteiger charge is -2.22. The largest absolute Gasteiger partial charge is 0.477 e. The maximum atomic E-state index is 13.3. The number of benzene rings is 1. The molecule has 0 saturated carbocycles. The van der Waals surface area contributed by atoms with Gasteiger partial charge in [-0.2, -0.15) is 17.9 Å². The second-order valence-electron chi connectivity index (χ2n) is 5.35. The van der Waals surface area contributed by atoms with Crippen molar-refractivity contribution >= 4 is 27.3 Å². The van der Waals surface area contributed by atoms with Crippen molar-refractivity contribution in [2.75, 3.05) is 0 Å². The zero-order valence-corrected chi connectivity index (χ0v) is 14.5. The number of hydrogen-bond donors (Lipinski definition) is 2. The predicted octanol–water partition coefficient (Wildman–Crippen LogP) is 3.48. The van der Waals surface area contributed by atoms with Gasteiger partial charge in [-0.1, -0.05) is 29.8 Å². The number of halogens is 3. The quantitative estimate of drug-likeness (QED) is 0.787. The topological polar surface area (TPSA) is 83.5 Å². The van der Waals surface area contributed by atoms with E-state index in [2.05, 4.69) is 0 Å². The molecule has 0 saturated heterocycles. The summed E-state index contributed by atoms with van der Waals surface area (Å²) in [6.07, 6.45) is -4.84. The normalized spacial score (nSPS) is 13.6. The number of alkyl halides is 3. The number of rotatable bonds is 6. The first-order valence-electron chi connectivity index (χ1n) is 6.92. The van der Waals surface area contributed by atoms with Crippen LogP contribution in [0.25, 0.3) is 0 Å². The van der Waals surface area contributed by atoms with Crippen molar-refractivity contribution in [3.8, 4) is 0 Å². The number of aryl methyl sites for hydroxylation is 1. The minimum Gasteiger partial charge on any atom is -0.477 e. The molecule has 1 aromatic carbocycles. The van der Waals surface area contributed by atoms with E-state index in [1.54, 1.807) is 17.7 Å². The Morgan fingerprint density at radius 3 is 2.56 bits per heavy atom. The van der Waals surface area contributed by atoms with Crippen molar-refractivity contribution in [3.05, 3.63) is 57.3 Å². The molecule has 0 spiro atoms. The fourth-order valence-electron chi connectivity index (χ4n) is 2.24. The number of carbonyl (C=O) groups is 1. The first-order chi connectivity index (χ1) is 11.5. The monoisotopic (exact) mass is 393 g/mol. The number of thiophene rings is 1. The third-order valence-corrected chi connectivity index (χ3v) is 5.52. The summed E-state index contributed by atoms with van der Waals surface area (Å²) < 4.78 is 66.0. The molecule has 2 aromatic rings. The van der Waals surface area contributed by atoms with Crippen LogP contribution in [0.4, 0.5) is 13.2 Å². The predicted molar refractivity (Wildman–Crippen MR) is 87.0 cm³/mol. The number of nitrogens with one attached hydrogen (secondary N) is 1. The van der Waals surface area contributed by atoms with E-state index in [-0.39, 0.29) is 16.0 Å². The Morgan fingerprint density at radius 2 is 2.00 bits per heavy atom. The Morgan fingerprint density at radius 1 is 1.32 bits per heavy atom. The van der Waals surface area contributed by atoms with E-state index in [1.807, 2.05) is 0 Å². The maximum Gasteiger partial charge on any atom is 0.408 e. The van der Waals surface area contributed by atoms with Crippen molar-refractivity contribution in [1.82, 2.24) is 4.72 Å². The van der Waals surface area contributed by atoms with E-state index in [4.69, 9.17) is 5.11 Å². The Balaban J connectivity index is 2.31. The number of carboxylic acids is 1. The fraction of sp³-hybridized carbons (Fsp3) is 0.267. The lowest BCUT2D eigenvalue weighted by atomic mass is 10.1. The van der Waals surface area contributed by atoms with Gasteiger partial charge in [-0.05, 0) is 29.5 Å². The van der Waals surface area contributed by atoms with Crippen LogP contribution in [0.1, 0.15) is 32.4 Å². The van der Waals surface area contributed by atoms with Gasteiger partial charge >= 0.3 is 12.1 Å². The van der Waals surface area contributed by atoms with Crippen LogP contribution in [0, 0.1) is 6.92 Å². The van der Waals surface area contributed by atoms with Gasteiger partial charge in [0.1, 0.15) is 10.9 Å². The SMILES string of the molecule is Cc1cccc(C(NS(=O)(=O)Cc2ccsc2C(=O)O)C(F)(F)F)c1. The van der Waals surface area contributed by atoms with Gasteiger partial charge in [0, 0.05) is 0 Å². The van der Waals surface area contributed by atoms with Crippen LogP contribution in [0.15, 0.2) is 35.7 Å².